The lowest BCUT2D eigenvalue weighted by molar-refractivity contribution is 0.360. The second kappa shape index (κ2) is 11.5. The number of piperidine rings is 1. The Hall–Kier alpha value is -0.280. The highest BCUT2D eigenvalue weighted by Gasteiger charge is 2.11. The van der Waals surface area contributed by atoms with Crippen molar-refractivity contribution in [3.8, 4) is 0 Å². The minimum absolute atomic E-state index is 0. The van der Waals surface area contributed by atoms with Crippen molar-refractivity contribution in [1.29, 1.82) is 0 Å². The van der Waals surface area contributed by atoms with E-state index in [-0.39, 0.29) is 24.8 Å². The molecule has 1 fully saturated rings. The molecule has 1 saturated heterocycles. The number of aryl methyl sites for hydroxylation is 1. The first-order valence-electron chi connectivity index (χ1n) is 6.90. The van der Waals surface area contributed by atoms with Crippen LogP contribution in [0.1, 0.15) is 24.8 Å². The van der Waals surface area contributed by atoms with Crippen molar-refractivity contribution in [2.24, 2.45) is 5.92 Å². The number of rotatable bonds is 6. The highest BCUT2D eigenvalue weighted by Crippen LogP contribution is 2.08. The van der Waals surface area contributed by atoms with Gasteiger partial charge in [0.2, 0.25) is 0 Å². The minimum atomic E-state index is 0. The fourth-order valence-electron chi connectivity index (χ4n) is 2.47. The van der Waals surface area contributed by atoms with Gasteiger partial charge in [0.05, 0.1) is 0 Å². The molecule has 1 aliphatic rings. The van der Waals surface area contributed by atoms with Crippen molar-refractivity contribution in [1.82, 2.24) is 10.6 Å². The van der Waals surface area contributed by atoms with E-state index in [1.807, 2.05) is 0 Å². The Balaban J connectivity index is 0.00000162. The van der Waals surface area contributed by atoms with Crippen LogP contribution in [0.15, 0.2) is 30.3 Å². The van der Waals surface area contributed by atoms with E-state index in [0.717, 1.165) is 12.5 Å². The molecule has 2 nitrogen and oxygen atoms in total. The summed E-state index contributed by atoms with van der Waals surface area (Å²) in [6, 6.07) is 10.8. The zero-order valence-electron chi connectivity index (χ0n) is 11.4. The van der Waals surface area contributed by atoms with Crippen LogP contribution in [0.4, 0.5) is 0 Å². The van der Waals surface area contributed by atoms with Crippen LogP contribution in [-0.4, -0.2) is 26.2 Å². The molecule has 0 bridgehead atoms. The Morgan fingerprint density at radius 2 is 1.95 bits per heavy atom. The van der Waals surface area contributed by atoms with Gasteiger partial charge in [-0.15, -0.1) is 24.8 Å². The predicted molar refractivity (Wildman–Crippen MR) is 87.7 cm³/mol. The van der Waals surface area contributed by atoms with Crippen LogP contribution in [-0.2, 0) is 6.42 Å². The van der Waals surface area contributed by atoms with Gasteiger partial charge in [0, 0.05) is 0 Å². The summed E-state index contributed by atoms with van der Waals surface area (Å²) in [5.41, 5.74) is 1.45. The van der Waals surface area contributed by atoms with Gasteiger partial charge in [-0.05, 0) is 63.3 Å². The molecular formula is C15H26Cl2N2. The Morgan fingerprint density at radius 3 is 2.63 bits per heavy atom. The van der Waals surface area contributed by atoms with Crippen LogP contribution in [0, 0.1) is 5.92 Å². The molecular weight excluding hydrogens is 279 g/mol. The van der Waals surface area contributed by atoms with Crippen molar-refractivity contribution in [3.63, 3.8) is 0 Å². The van der Waals surface area contributed by atoms with E-state index in [2.05, 4.69) is 41.0 Å². The summed E-state index contributed by atoms with van der Waals surface area (Å²) < 4.78 is 0. The maximum Gasteiger partial charge on any atom is -0.000837 e. The van der Waals surface area contributed by atoms with Gasteiger partial charge in [0.25, 0.3) is 0 Å². The van der Waals surface area contributed by atoms with Gasteiger partial charge in [0.1, 0.15) is 0 Å². The van der Waals surface area contributed by atoms with Crippen molar-refractivity contribution in [3.05, 3.63) is 35.9 Å². The van der Waals surface area contributed by atoms with E-state index in [1.54, 1.807) is 0 Å². The van der Waals surface area contributed by atoms with Gasteiger partial charge in [-0.3, -0.25) is 0 Å². The Bertz CT molecular complexity index is 300. The zero-order chi connectivity index (χ0) is 11.8. The lowest BCUT2D eigenvalue weighted by atomic mass is 10.00. The molecule has 110 valence electrons. The quantitative estimate of drug-likeness (QED) is 0.789. The molecule has 1 aromatic rings. The molecule has 4 heteroatoms. The van der Waals surface area contributed by atoms with Gasteiger partial charge in [-0.2, -0.15) is 0 Å². The van der Waals surface area contributed by atoms with E-state index >= 15 is 0 Å². The lowest BCUT2D eigenvalue weighted by Gasteiger charge is -2.22. The molecule has 1 aliphatic heterocycles. The first kappa shape index (κ1) is 18.7. The van der Waals surface area contributed by atoms with Crippen LogP contribution in [0.3, 0.4) is 0 Å². The highest BCUT2D eigenvalue weighted by molar-refractivity contribution is 5.85. The molecule has 1 unspecified atom stereocenters. The Labute approximate surface area is 129 Å². The van der Waals surface area contributed by atoms with E-state index in [9.17, 15) is 0 Å². The molecule has 0 amide bonds. The summed E-state index contributed by atoms with van der Waals surface area (Å²) in [5, 5.41) is 7.05. The largest absolute Gasteiger partial charge is 0.316 e. The van der Waals surface area contributed by atoms with Crippen molar-refractivity contribution < 1.29 is 0 Å². The third-order valence-corrected chi connectivity index (χ3v) is 3.49. The van der Waals surface area contributed by atoms with Gasteiger partial charge < -0.3 is 10.6 Å². The summed E-state index contributed by atoms with van der Waals surface area (Å²) >= 11 is 0. The zero-order valence-corrected chi connectivity index (χ0v) is 13.1. The Morgan fingerprint density at radius 1 is 1.16 bits per heavy atom. The number of hydrogen-bond donors (Lipinski definition) is 2. The summed E-state index contributed by atoms with van der Waals surface area (Å²) in [7, 11) is 0. The monoisotopic (exact) mass is 304 g/mol. The number of benzene rings is 1. The van der Waals surface area contributed by atoms with Gasteiger partial charge in [-0.25, -0.2) is 0 Å². The lowest BCUT2D eigenvalue weighted by Crippen LogP contribution is -2.36. The fraction of sp³-hybridized carbons (Fsp3) is 0.600. The van der Waals surface area contributed by atoms with Crippen molar-refractivity contribution >= 4 is 24.8 Å². The maximum absolute atomic E-state index is 3.59. The number of nitrogens with one attached hydrogen (secondary N) is 2. The summed E-state index contributed by atoms with van der Waals surface area (Å²) in [6.07, 6.45) is 5.16. The molecule has 0 aromatic heterocycles. The Kier molecular flexibility index (Phi) is 11.4. The molecule has 1 aromatic carbocycles. The molecule has 2 rings (SSSR count). The minimum Gasteiger partial charge on any atom is -0.316 e. The van der Waals surface area contributed by atoms with Gasteiger partial charge in [0.15, 0.2) is 0 Å². The van der Waals surface area contributed by atoms with Crippen molar-refractivity contribution in [2.45, 2.75) is 25.7 Å². The molecule has 0 radical (unpaired) electrons. The van der Waals surface area contributed by atoms with Crippen LogP contribution in [0.5, 0.6) is 0 Å². The topological polar surface area (TPSA) is 24.1 Å². The van der Waals surface area contributed by atoms with E-state index in [4.69, 9.17) is 0 Å². The molecule has 1 heterocycles. The molecule has 0 spiro atoms. The normalized spacial score (nSPS) is 18.2. The average molecular weight is 305 g/mol. The summed E-state index contributed by atoms with van der Waals surface area (Å²) in [6.45, 7) is 4.74. The summed E-state index contributed by atoms with van der Waals surface area (Å²) in [5.74, 6) is 0.848. The first-order chi connectivity index (χ1) is 8.45. The average Bonchev–Trinajstić information content (AvgIpc) is 2.41. The SMILES string of the molecule is Cl.Cl.c1ccc(CCCNCC2CCCNC2)cc1. The smallest absolute Gasteiger partial charge is 0.000837 e. The molecule has 1 atom stereocenters. The second-order valence-corrected chi connectivity index (χ2v) is 5.01. The first-order valence-corrected chi connectivity index (χ1v) is 6.90. The van der Waals surface area contributed by atoms with Crippen LogP contribution in [0.2, 0.25) is 0 Å². The molecule has 19 heavy (non-hydrogen) atoms. The molecule has 0 aliphatic carbocycles. The van der Waals surface area contributed by atoms with Crippen LogP contribution < -0.4 is 10.6 Å². The van der Waals surface area contributed by atoms with Crippen LogP contribution in [0.25, 0.3) is 0 Å². The summed E-state index contributed by atoms with van der Waals surface area (Å²) in [4.78, 5) is 0. The molecule has 0 saturated carbocycles. The fourth-order valence-corrected chi connectivity index (χ4v) is 2.47. The predicted octanol–water partition coefficient (Wildman–Crippen LogP) is 3.05. The second-order valence-electron chi connectivity index (χ2n) is 5.01. The van der Waals surface area contributed by atoms with Crippen LogP contribution >= 0.6 is 24.8 Å². The van der Waals surface area contributed by atoms with E-state index in [1.165, 1.54) is 50.9 Å². The standard InChI is InChI=1S/C15H24N2.2ClH/c1-2-6-14(7-3-1)8-4-10-16-12-15-9-5-11-17-13-15;;/h1-3,6-7,15-17H,4-5,8-13H2;2*1H. The van der Waals surface area contributed by atoms with E-state index < -0.39 is 0 Å². The van der Waals surface area contributed by atoms with E-state index in [0.29, 0.717) is 0 Å². The molecule has 2 N–H and O–H groups in total. The highest BCUT2D eigenvalue weighted by atomic mass is 35.5. The number of hydrogen-bond acceptors (Lipinski definition) is 2. The van der Waals surface area contributed by atoms with Gasteiger partial charge >= 0.3 is 0 Å². The number of halogens is 2. The third kappa shape index (κ3) is 7.78. The van der Waals surface area contributed by atoms with Gasteiger partial charge in [-0.1, -0.05) is 30.3 Å². The van der Waals surface area contributed by atoms with Crippen molar-refractivity contribution in [2.75, 3.05) is 26.2 Å². The maximum atomic E-state index is 3.59. The third-order valence-electron chi connectivity index (χ3n) is 3.49.